The van der Waals surface area contributed by atoms with E-state index >= 15 is 0 Å². The lowest BCUT2D eigenvalue weighted by molar-refractivity contribution is -0.146. The summed E-state index contributed by atoms with van der Waals surface area (Å²) in [5, 5.41) is 3.08. The average molecular weight is 435 g/mol. The Morgan fingerprint density at radius 3 is 2.62 bits per heavy atom. The Labute approximate surface area is 188 Å². The molecule has 0 unspecified atom stereocenters. The number of amides is 3. The van der Waals surface area contributed by atoms with Crippen LogP contribution in [0.25, 0.3) is 0 Å². The van der Waals surface area contributed by atoms with Gasteiger partial charge in [0.05, 0.1) is 13.0 Å². The molecule has 168 valence electrons. The monoisotopic (exact) mass is 434 g/mol. The van der Waals surface area contributed by atoms with Gasteiger partial charge in [-0.05, 0) is 43.9 Å². The first kappa shape index (κ1) is 22.0. The van der Waals surface area contributed by atoms with E-state index in [0.29, 0.717) is 12.4 Å². The molecule has 0 bridgehead atoms. The summed E-state index contributed by atoms with van der Waals surface area (Å²) in [5.41, 5.74) is 0.744. The summed E-state index contributed by atoms with van der Waals surface area (Å²) in [5.74, 6) is -0.299. The Hall–Kier alpha value is -3.22. The summed E-state index contributed by atoms with van der Waals surface area (Å²) < 4.78 is 0. The van der Waals surface area contributed by atoms with Gasteiger partial charge in [-0.1, -0.05) is 49.2 Å². The smallest absolute Gasteiger partial charge is 0.250 e. The fraction of sp³-hybridized carbons (Fsp3) is 0.440. The van der Waals surface area contributed by atoms with Gasteiger partial charge in [-0.25, -0.2) is 0 Å². The summed E-state index contributed by atoms with van der Waals surface area (Å²) in [7, 11) is 0. The third-order valence-electron chi connectivity index (χ3n) is 6.36. The summed E-state index contributed by atoms with van der Waals surface area (Å²) in [6.45, 7) is 3.94. The van der Waals surface area contributed by atoms with E-state index in [1.807, 2.05) is 49.5 Å². The van der Waals surface area contributed by atoms with Gasteiger partial charge in [0.2, 0.25) is 11.8 Å². The number of nitrogens with zero attached hydrogens (tertiary/aromatic N) is 3. The van der Waals surface area contributed by atoms with Gasteiger partial charge in [-0.2, -0.15) is 4.99 Å². The molecular weight excluding hydrogens is 404 g/mol. The Balaban J connectivity index is 1.60. The molecule has 3 amide bonds. The van der Waals surface area contributed by atoms with Crippen molar-refractivity contribution in [2.75, 3.05) is 6.54 Å². The van der Waals surface area contributed by atoms with E-state index in [9.17, 15) is 14.4 Å². The Morgan fingerprint density at radius 2 is 1.91 bits per heavy atom. The van der Waals surface area contributed by atoms with Crippen LogP contribution in [0.3, 0.4) is 0 Å². The minimum Gasteiger partial charge on any atom is -0.352 e. The molecule has 1 saturated carbocycles. The Kier molecular flexibility index (Phi) is 6.26. The van der Waals surface area contributed by atoms with E-state index in [4.69, 9.17) is 0 Å². The van der Waals surface area contributed by atoms with Gasteiger partial charge in [0.1, 0.15) is 11.4 Å². The van der Waals surface area contributed by atoms with E-state index in [-0.39, 0.29) is 36.7 Å². The molecule has 4 rings (SSSR count). The number of amidine groups is 1. The van der Waals surface area contributed by atoms with Crippen LogP contribution < -0.4 is 5.32 Å². The molecule has 1 aromatic rings. The highest BCUT2D eigenvalue weighted by molar-refractivity contribution is 6.10. The maximum absolute atomic E-state index is 13.9. The van der Waals surface area contributed by atoms with Gasteiger partial charge in [0, 0.05) is 18.8 Å². The van der Waals surface area contributed by atoms with E-state index in [2.05, 4.69) is 10.3 Å². The minimum atomic E-state index is -1.15. The van der Waals surface area contributed by atoms with E-state index < -0.39 is 5.54 Å². The van der Waals surface area contributed by atoms with Gasteiger partial charge < -0.3 is 15.1 Å². The summed E-state index contributed by atoms with van der Waals surface area (Å²) >= 11 is 0. The van der Waals surface area contributed by atoms with E-state index in [0.717, 1.165) is 36.8 Å². The zero-order valence-electron chi connectivity index (χ0n) is 18.7. The van der Waals surface area contributed by atoms with Crippen LogP contribution in [0.15, 0.2) is 59.2 Å². The van der Waals surface area contributed by atoms with Crippen molar-refractivity contribution in [2.24, 2.45) is 4.99 Å². The van der Waals surface area contributed by atoms with Crippen molar-refractivity contribution in [3.05, 3.63) is 59.8 Å². The lowest BCUT2D eigenvalue weighted by atomic mass is 9.89. The molecule has 7 heteroatoms. The number of hydrogen-bond donors (Lipinski definition) is 1. The molecule has 0 aromatic heterocycles. The van der Waals surface area contributed by atoms with Gasteiger partial charge >= 0.3 is 0 Å². The van der Waals surface area contributed by atoms with Crippen LogP contribution in [0.4, 0.5) is 0 Å². The van der Waals surface area contributed by atoms with Crippen molar-refractivity contribution in [1.29, 1.82) is 0 Å². The molecule has 2 heterocycles. The number of aliphatic imine (C=N–C) groups is 1. The maximum atomic E-state index is 13.9. The number of benzene rings is 1. The maximum Gasteiger partial charge on any atom is 0.250 e. The molecule has 32 heavy (non-hydrogen) atoms. The predicted octanol–water partition coefficient (Wildman–Crippen LogP) is 2.94. The highest BCUT2D eigenvalue weighted by Gasteiger charge is 2.47. The Bertz CT molecular complexity index is 992. The summed E-state index contributed by atoms with van der Waals surface area (Å²) in [6, 6.07) is 9.79. The number of nitrogens with one attached hydrogen (secondary N) is 1. The largest absolute Gasteiger partial charge is 0.352 e. The molecule has 0 spiro atoms. The number of carbonyl (C=O) groups is 3. The van der Waals surface area contributed by atoms with Gasteiger partial charge in [-0.15, -0.1) is 0 Å². The summed E-state index contributed by atoms with van der Waals surface area (Å²) in [4.78, 5) is 46.7. The third-order valence-corrected chi connectivity index (χ3v) is 6.36. The lowest BCUT2D eigenvalue weighted by Crippen LogP contribution is -2.61. The fourth-order valence-corrected chi connectivity index (χ4v) is 4.67. The van der Waals surface area contributed by atoms with Gasteiger partial charge in [0.15, 0.2) is 0 Å². The second-order valence-electron chi connectivity index (χ2n) is 9.09. The molecular formula is C25H30N4O3. The SMILES string of the molecule is CC1=CN2C(=NC(=O)C[C@]2(C)C(=O)N(CC(=O)NC2CCCC2)Cc2ccccc2)C=C1. The van der Waals surface area contributed by atoms with Crippen LogP contribution in [0.5, 0.6) is 0 Å². The lowest BCUT2D eigenvalue weighted by Gasteiger charge is -2.44. The summed E-state index contributed by atoms with van der Waals surface area (Å²) in [6.07, 6.45) is 9.64. The van der Waals surface area contributed by atoms with Crippen molar-refractivity contribution in [3.63, 3.8) is 0 Å². The number of fused-ring (bicyclic) bond motifs is 1. The first-order valence-electron chi connectivity index (χ1n) is 11.3. The minimum absolute atomic E-state index is 0.0392. The first-order valence-corrected chi connectivity index (χ1v) is 11.3. The molecule has 3 aliphatic rings. The second kappa shape index (κ2) is 9.10. The second-order valence-corrected chi connectivity index (χ2v) is 9.09. The highest BCUT2D eigenvalue weighted by Crippen LogP contribution is 2.31. The first-order chi connectivity index (χ1) is 15.3. The van der Waals surface area contributed by atoms with Crippen LogP contribution in [-0.4, -0.2) is 51.5 Å². The number of carbonyl (C=O) groups excluding carboxylic acids is 3. The van der Waals surface area contributed by atoms with Crippen LogP contribution in [-0.2, 0) is 20.9 Å². The van der Waals surface area contributed by atoms with Crippen molar-refractivity contribution in [2.45, 2.75) is 64.1 Å². The molecule has 1 aliphatic carbocycles. The molecule has 0 saturated heterocycles. The zero-order valence-corrected chi connectivity index (χ0v) is 18.7. The topological polar surface area (TPSA) is 82.1 Å². The molecule has 1 aromatic carbocycles. The average Bonchev–Trinajstić information content (AvgIpc) is 3.27. The zero-order chi connectivity index (χ0) is 22.7. The number of allylic oxidation sites excluding steroid dienone is 2. The van der Waals surface area contributed by atoms with Crippen LogP contribution >= 0.6 is 0 Å². The fourth-order valence-electron chi connectivity index (χ4n) is 4.67. The molecule has 1 N–H and O–H groups in total. The van der Waals surface area contributed by atoms with Gasteiger partial charge in [0.25, 0.3) is 5.91 Å². The van der Waals surface area contributed by atoms with Crippen molar-refractivity contribution in [1.82, 2.24) is 15.1 Å². The molecule has 7 nitrogen and oxygen atoms in total. The molecule has 1 atom stereocenters. The number of hydrogen-bond acceptors (Lipinski definition) is 4. The molecule has 2 aliphatic heterocycles. The van der Waals surface area contributed by atoms with Crippen molar-refractivity contribution in [3.8, 4) is 0 Å². The third kappa shape index (κ3) is 4.66. The highest BCUT2D eigenvalue weighted by atomic mass is 16.2. The van der Waals surface area contributed by atoms with Gasteiger partial charge in [-0.3, -0.25) is 14.4 Å². The standard InChI is InChI=1S/C25H30N4O3/c1-18-12-13-21-27-22(30)14-25(2,29(21)15-18)24(32)28(16-19-8-4-3-5-9-19)17-23(31)26-20-10-6-7-11-20/h3-5,8-9,12-13,15,20H,6-7,10-11,14,16-17H2,1-2H3,(H,26,31)/t25-/m1/s1. The predicted molar refractivity (Wildman–Crippen MR) is 122 cm³/mol. The quantitative estimate of drug-likeness (QED) is 0.746. The van der Waals surface area contributed by atoms with Crippen LogP contribution in [0, 0.1) is 0 Å². The van der Waals surface area contributed by atoms with E-state index in [1.54, 1.807) is 22.8 Å². The van der Waals surface area contributed by atoms with Crippen molar-refractivity contribution >= 4 is 23.6 Å². The normalized spacial score (nSPS) is 22.8. The van der Waals surface area contributed by atoms with Crippen molar-refractivity contribution < 1.29 is 14.4 Å². The Morgan fingerprint density at radius 1 is 1.19 bits per heavy atom. The molecule has 0 radical (unpaired) electrons. The van der Waals surface area contributed by atoms with Crippen LogP contribution in [0.2, 0.25) is 0 Å². The number of rotatable bonds is 6. The van der Waals surface area contributed by atoms with E-state index in [1.165, 1.54) is 0 Å². The molecule has 1 fully saturated rings. The van der Waals surface area contributed by atoms with Crippen LogP contribution in [0.1, 0.15) is 51.5 Å².